The summed E-state index contributed by atoms with van der Waals surface area (Å²) < 4.78 is 42.9. The van der Waals surface area contributed by atoms with E-state index in [0.717, 1.165) is 24.1 Å². The number of likely N-dealkylation sites (tertiary alicyclic amines) is 1. The van der Waals surface area contributed by atoms with Crippen LogP contribution in [0, 0.1) is 17.5 Å². The van der Waals surface area contributed by atoms with Gasteiger partial charge in [0.25, 0.3) is 5.91 Å². The summed E-state index contributed by atoms with van der Waals surface area (Å²) in [6.45, 7) is 6.34. The molecule has 1 saturated heterocycles. The van der Waals surface area contributed by atoms with Gasteiger partial charge < -0.3 is 20.6 Å². The maximum absolute atomic E-state index is 14.6. The first-order chi connectivity index (χ1) is 14.7. The van der Waals surface area contributed by atoms with E-state index in [0.29, 0.717) is 13.0 Å². The number of aryl methyl sites for hydroxylation is 1. The van der Waals surface area contributed by atoms with Gasteiger partial charge >= 0.3 is 0 Å². The van der Waals surface area contributed by atoms with Gasteiger partial charge in [-0.25, -0.2) is 13.2 Å². The minimum atomic E-state index is -1.26. The zero-order chi connectivity index (χ0) is 22.8. The van der Waals surface area contributed by atoms with E-state index in [9.17, 15) is 23.1 Å². The molecule has 168 valence electrons. The van der Waals surface area contributed by atoms with Crippen LogP contribution in [-0.2, 0) is 6.42 Å². The predicted octanol–water partition coefficient (Wildman–Crippen LogP) is 3.98. The van der Waals surface area contributed by atoms with Crippen molar-refractivity contribution in [3.8, 4) is 0 Å². The molecule has 1 fully saturated rings. The van der Waals surface area contributed by atoms with Crippen molar-refractivity contribution in [1.29, 1.82) is 0 Å². The van der Waals surface area contributed by atoms with E-state index < -0.39 is 34.6 Å². The van der Waals surface area contributed by atoms with Gasteiger partial charge in [-0.3, -0.25) is 4.79 Å². The van der Waals surface area contributed by atoms with Crippen LogP contribution in [0.4, 0.5) is 24.5 Å². The summed E-state index contributed by atoms with van der Waals surface area (Å²) in [4.78, 5) is 14.3. The first kappa shape index (κ1) is 23.1. The van der Waals surface area contributed by atoms with Crippen molar-refractivity contribution < 1.29 is 23.1 Å². The first-order valence-corrected chi connectivity index (χ1v) is 10.5. The molecule has 0 radical (unpaired) electrons. The van der Waals surface area contributed by atoms with Gasteiger partial charge in [-0.15, -0.1) is 0 Å². The highest BCUT2D eigenvalue weighted by atomic mass is 19.2. The third-order valence-corrected chi connectivity index (χ3v) is 5.68. The number of hydrogen-bond acceptors (Lipinski definition) is 4. The van der Waals surface area contributed by atoms with Crippen LogP contribution >= 0.6 is 0 Å². The molecule has 5 nitrogen and oxygen atoms in total. The lowest BCUT2D eigenvalue weighted by molar-refractivity contribution is -0.0796. The summed E-state index contributed by atoms with van der Waals surface area (Å²) in [6.07, 6.45) is 1.53. The smallest absolute Gasteiger partial charge is 0.256 e. The highest BCUT2D eigenvalue weighted by Gasteiger charge is 2.44. The number of hydrogen-bond donors (Lipinski definition) is 3. The molecule has 1 aliphatic heterocycles. The lowest BCUT2D eigenvalue weighted by Gasteiger charge is -2.47. The minimum Gasteiger partial charge on any atom is -0.385 e. The van der Waals surface area contributed by atoms with Crippen molar-refractivity contribution in [2.75, 3.05) is 25.0 Å². The Morgan fingerprint density at radius 3 is 2.48 bits per heavy atom. The number of amides is 1. The van der Waals surface area contributed by atoms with E-state index in [1.807, 2.05) is 20.8 Å². The van der Waals surface area contributed by atoms with Gasteiger partial charge in [-0.05, 0) is 49.6 Å². The van der Waals surface area contributed by atoms with Gasteiger partial charge in [0.1, 0.15) is 11.4 Å². The molecule has 0 aromatic heterocycles. The van der Waals surface area contributed by atoms with E-state index in [1.54, 1.807) is 6.07 Å². The second-order valence-corrected chi connectivity index (χ2v) is 8.15. The zero-order valence-electron chi connectivity index (χ0n) is 17.9. The summed E-state index contributed by atoms with van der Waals surface area (Å²) >= 11 is 0. The topological polar surface area (TPSA) is 64.6 Å². The Kier molecular flexibility index (Phi) is 6.91. The zero-order valence-corrected chi connectivity index (χ0v) is 17.9. The molecular weight excluding hydrogens is 407 g/mol. The summed E-state index contributed by atoms with van der Waals surface area (Å²) in [7, 11) is 0. The van der Waals surface area contributed by atoms with Crippen LogP contribution in [-0.4, -0.2) is 47.2 Å². The Morgan fingerprint density at radius 2 is 1.87 bits per heavy atom. The highest BCUT2D eigenvalue weighted by Crippen LogP contribution is 2.31. The van der Waals surface area contributed by atoms with Crippen molar-refractivity contribution >= 4 is 17.3 Å². The van der Waals surface area contributed by atoms with Gasteiger partial charge in [0, 0.05) is 12.6 Å². The highest BCUT2D eigenvalue weighted by molar-refractivity contribution is 6.01. The molecule has 8 heteroatoms. The van der Waals surface area contributed by atoms with E-state index in [4.69, 9.17) is 0 Å². The van der Waals surface area contributed by atoms with Gasteiger partial charge in [0.2, 0.25) is 0 Å². The standard InChI is InChI=1S/C23H28F3N3O2/c1-4-14(3)27-11-23(31)12-29(13-23)22(30)16-7-8-17(24)20(26)21(16)28-19-9-6-15(5-2)10-18(19)25/h6-10,14,27-28,31H,4-5,11-13H2,1-3H3. The maximum Gasteiger partial charge on any atom is 0.256 e. The van der Waals surface area contributed by atoms with Crippen molar-refractivity contribution in [3.05, 3.63) is 58.9 Å². The average molecular weight is 435 g/mol. The molecule has 3 N–H and O–H groups in total. The number of nitrogens with zero attached hydrogens (tertiary/aromatic N) is 1. The average Bonchev–Trinajstić information content (AvgIpc) is 2.74. The van der Waals surface area contributed by atoms with E-state index in [-0.39, 0.29) is 30.4 Å². The lowest BCUT2D eigenvalue weighted by atomic mass is 9.92. The quantitative estimate of drug-likeness (QED) is 0.587. The van der Waals surface area contributed by atoms with Crippen LogP contribution in [0.25, 0.3) is 0 Å². The van der Waals surface area contributed by atoms with Crippen LogP contribution in [0.1, 0.15) is 43.1 Å². The van der Waals surface area contributed by atoms with Crippen LogP contribution in [0.15, 0.2) is 30.3 Å². The van der Waals surface area contributed by atoms with Gasteiger partial charge in [-0.2, -0.15) is 0 Å². The molecule has 2 aromatic carbocycles. The fourth-order valence-electron chi connectivity index (χ4n) is 3.46. The number of benzene rings is 2. The molecule has 3 rings (SSSR count). The SMILES string of the molecule is CCc1ccc(Nc2c(C(=O)N3CC(O)(CNC(C)CC)C3)ccc(F)c2F)c(F)c1. The van der Waals surface area contributed by atoms with Crippen molar-refractivity contribution in [3.63, 3.8) is 0 Å². The van der Waals surface area contributed by atoms with Gasteiger partial charge in [-0.1, -0.05) is 19.9 Å². The van der Waals surface area contributed by atoms with Crippen LogP contribution in [0.3, 0.4) is 0 Å². The third kappa shape index (κ3) is 5.02. The fourth-order valence-corrected chi connectivity index (χ4v) is 3.46. The Labute approximate surface area is 180 Å². The number of carbonyl (C=O) groups excluding carboxylic acids is 1. The summed E-state index contributed by atoms with van der Waals surface area (Å²) in [6, 6.07) is 6.65. The van der Waals surface area contributed by atoms with Crippen LogP contribution in [0.2, 0.25) is 0 Å². The van der Waals surface area contributed by atoms with Gasteiger partial charge in [0.15, 0.2) is 11.6 Å². The first-order valence-electron chi connectivity index (χ1n) is 10.5. The molecule has 1 heterocycles. The number of anilines is 2. The predicted molar refractivity (Wildman–Crippen MR) is 114 cm³/mol. The van der Waals surface area contributed by atoms with Crippen molar-refractivity contribution in [2.45, 2.75) is 45.3 Å². The summed E-state index contributed by atoms with van der Waals surface area (Å²) in [5, 5.41) is 16.3. The molecule has 1 aliphatic rings. The van der Waals surface area contributed by atoms with Crippen molar-refractivity contribution in [1.82, 2.24) is 10.2 Å². The number of rotatable bonds is 8. The van der Waals surface area contributed by atoms with Crippen LogP contribution in [0.5, 0.6) is 0 Å². The number of carbonyl (C=O) groups is 1. The van der Waals surface area contributed by atoms with Crippen molar-refractivity contribution in [2.24, 2.45) is 0 Å². The fraction of sp³-hybridized carbons (Fsp3) is 0.435. The maximum atomic E-state index is 14.6. The Hall–Kier alpha value is -2.58. The number of aliphatic hydroxyl groups is 1. The molecule has 0 saturated carbocycles. The Morgan fingerprint density at radius 1 is 1.16 bits per heavy atom. The van der Waals surface area contributed by atoms with Gasteiger partial charge in [0.05, 0.1) is 30.0 Å². The molecule has 0 aliphatic carbocycles. The molecule has 31 heavy (non-hydrogen) atoms. The van der Waals surface area contributed by atoms with Crippen LogP contribution < -0.4 is 10.6 Å². The molecule has 1 unspecified atom stereocenters. The second-order valence-electron chi connectivity index (χ2n) is 8.15. The number of halogens is 3. The number of nitrogens with one attached hydrogen (secondary N) is 2. The molecule has 1 atom stereocenters. The molecule has 2 aromatic rings. The van der Waals surface area contributed by atoms with E-state index >= 15 is 0 Å². The lowest BCUT2D eigenvalue weighted by Crippen LogP contribution is -2.67. The third-order valence-electron chi connectivity index (χ3n) is 5.68. The Bertz CT molecular complexity index is 961. The molecule has 0 spiro atoms. The monoisotopic (exact) mass is 435 g/mol. The summed E-state index contributed by atoms with van der Waals surface area (Å²) in [5.41, 5.74) is -0.942. The van der Waals surface area contributed by atoms with E-state index in [1.165, 1.54) is 17.0 Å². The Balaban J connectivity index is 1.80. The summed E-state index contributed by atoms with van der Waals surface area (Å²) in [5.74, 6) is -3.61. The molecule has 0 bridgehead atoms. The molecule has 1 amide bonds. The second kappa shape index (κ2) is 9.28. The largest absolute Gasteiger partial charge is 0.385 e. The number of β-amino-alcohol motifs (C(OH)–C–C–N with tert-alkyl or cyclic N) is 1. The normalized spacial score (nSPS) is 16.0. The van der Waals surface area contributed by atoms with E-state index in [2.05, 4.69) is 10.6 Å². The minimum absolute atomic E-state index is 0.0615. The molecular formula is C23H28F3N3O2.